The van der Waals surface area contributed by atoms with Crippen molar-refractivity contribution >= 4 is 38.9 Å². The van der Waals surface area contributed by atoms with Crippen molar-refractivity contribution < 1.29 is 4.39 Å². The zero-order valence-corrected chi connectivity index (χ0v) is 12.9. The maximum Gasteiger partial charge on any atom is 0.180 e. The molecule has 5 nitrogen and oxygen atoms in total. The second-order valence-corrected chi connectivity index (χ2v) is 5.33. The van der Waals surface area contributed by atoms with Gasteiger partial charge in [0.1, 0.15) is 11.6 Å². The summed E-state index contributed by atoms with van der Waals surface area (Å²) in [6.45, 7) is 2.74. The Hall–Kier alpha value is -2.15. The van der Waals surface area contributed by atoms with E-state index in [1.807, 2.05) is 23.7 Å². The average Bonchev–Trinajstić information content (AvgIpc) is 2.91. The van der Waals surface area contributed by atoms with Crippen LogP contribution in [0.1, 0.15) is 6.92 Å². The van der Waals surface area contributed by atoms with Crippen LogP contribution in [0.15, 0.2) is 41.3 Å². The van der Waals surface area contributed by atoms with Crippen molar-refractivity contribution in [2.75, 3.05) is 17.2 Å². The Kier molecular flexibility index (Phi) is 3.74. The van der Waals surface area contributed by atoms with Crippen LogP contribution in [0.3, 0.4) is 0 Å². The number of hydrogen-bond donors (Lipinski definition) is 2. The third kappa shape index (κ3) is 2.82. The summed E-state index contributed by atoms with van der Waals surface area (Å²) in [6.07, 6.45) is 5.34. The summed E-state index contributed by atoms with van der Waals surface area (Å²) in [5.41, 5.74) is 0.989. The van der Waals surface area contributed by atoms with Gasteiger partial charge in [-0.3, -0.25) is 0 Å². The van der Waals surface area contributed by atoms with Crippen molar-refractivity contribution in [1.82, 2.24) is 14.4 Å². The first-order chi connectivity index (χ1) is 10.2. The first kappa shape index (κ1) is 13.8. The van der Waals surface area contributed by atoms with Gasteiger partial charge in [-0.25, -0.2) is 14.4 Å². The molecular weight excluding hydrogens is 337 g/mol. The molecule has 7 heteroatoms. The molecule has 0 aliphatic rings. The van der Waals surface area contributed by atoms with Crippen LogP contribution in [0.4, 0.5) is 21.7 Å². The van der Waals surface area contributed by atoms with E-state index in [1.165, 1.54) is 6.07 Å². The number of fused-ring (bicyclic) bond motifs is 1. The van der Waals surface area contributed by atoms with E-state index >= 15 is 0 Å². The monoisotopic (exact) mass is 349 g/mol. The highest BCUT2D eigenvalue weighted by Gasteiger charge is 2.10. The molecule has 0 atom stereocenters. The molecule has 0 spiro atoms. The minimum atomic E-state index is -0.357. The Balaban J connectivity index is 2.04. The molecular formula is C14H13BrFN5. The Morgan fingerprint density at radius 3 is 3.00 bits per heavy atom. The van der Waals surface area contributed by atoms with Gasteiger partial charge in [0.15, 0.2) is 11.5 Å². The van der Waals surface area contributed by atoms with Gasteiger partial charge in [-0.1, -0.05) is 15.9 Å². The molecule has 2 heterocycles. The average molecular weight is 350 g/mol. The third-order valence-electron chi connectivity index (χ3n) is 2.92. The number of rotatable bonds is 4. The summed E-state index contributed by atoms with van der Waals surface area (Å²) in [4.78, 5) is 8.68. The molecule has 3 aromatic rings. The van der Waals surface area contributed by atoms with E-state index < -0.39 is 0 Å². The van der Waals surface area contributed by atoms with Crippen LogP contribution < -0.4 is 10.6 Å². The van der Waals surface area contributed by atoms with Gasteiger partial charge >= 0.3 is 0 Å². The van der Waals surface area contributed by atoms with Gasteiger partial charge in [0, 0.05) is 23.4 Å². The van der Waals surface area contributed by atoms with Gasteiger partial charge in [0.2, 0.25) is 0 Å². The zero-order valence-electron chi connectivity index (χ0n) is 11.3. The minimum Gasteiger partial charge on any atom is -0.369 e. The molecule has 0 aliphatic carbocycles. The number of halogens is 2. The van der Waals surface area contributed by atoms with Gasteiger partial charge < -0.3 is 15.0 Å². The Bertz CT molecular complexity index is 786. The van der Waals surface area contributed by atoms with E-state index in [1.54, 1.807) is 18.3 Å². The first-order valence-electron chi connectivity index (χ1n) is 6.47. The molecule has 0 bridgehead atoms. The molecule has 3 rings (SSSR count). The van der Waals surface area contributed by atoms with Gasteiger partial charge in [0.05, 0.1) is 11.9 Å². The van der Waals surface area contributed by atoms with Crippen LogP contribution in [-0.4, -0.2) is 20.9 Å². The smallest absolute Gasteiger partial charge is 0.180 e. The van der Waals surface area contributed by atoms with E-state index in [0.717, 1.165) is 6.54 Å². The van der Waals surface area contributed by atoms with E-state index in [-0.39, 0.29) is 5.82 Å². The standard InChI is InChI=1S/C14H13BrFN5/c1-2-17-12-8-21-6-5-18-14(21)13(20-12)19-11-4-3-9(15)7-10(11)16/h3-8,17H,2H2,1H3,(H,19,20). The van der Waals surface area contributed by atoms with Crippen LogP contribution >= 0.6 is 15.9 Å². The van der Waals surface area contributed by atoms with Gasteiger partial charge in [-0.05, 0) is 25.1 Å². The number of hydrogen-bond acceptors (Lipinski definition) is 4. The fourth-order valence-electron chi connectivity index (χ4n) is 2.00. The van der Waals surface area contributed by atoms with Crippen molar-refractivity contribution in [1.29, 1.82) is 0 Å². The van der Waals surface area contributed by atoms with Crippen molar-refractivity contribution in [3.05, 3.63) is 47.1 Å². The quantitative estimate of drug-likeness (QED) is 0.751. The Morgan fingerprint density at radius 1 is 1.38 bits per heavy atom. The number of benzene rings is 1. The normalized spacial score (nSPS) is 10.8. The lowest BCUT2D eigenvalue weighted by molar-refractivity contribution is 0.631. The van der Waals surface area contributed by atoms with Crippen LogP contribution in [-0.2, 0) is 0 Å². The topological polar surface area (TPSA) is 54.2 Å². The summed E-state index contributed by atoms with van der Waals surface area (Å²) in [5.74, 6) is 0.840. The van der Waals surface area contributed by atoms with Crippen molar-refractivity contribution in [2.45, 2.75) is 6.92 Å². The predicted molar refractivity (Wildman–Crippen MR) is 84.5 cm³/mol. The largest absolute Gasteiger partial charge is 0.369 e. The van der Waals surface area contributed by atoms with Crippen LogP contribution in [0.5, 0.6) is 0 Å². The minimum absolute atomic E-state index is 0.351. The summed E-state index contributed by atoms with van der Waals surface area (Å²) < 4.78 is 16.5. The van der Waals surface area contributed by atoms with Gasteiger partial charge in [-0.15, -0.1) is 0 Å². The van der Waals surface area contributed by atoms with Gasteiger partial charge in [0.25, 0.3) is 0 Å². The molecule has 2 aromatic heterocycles. The number of aromatic nitrogens is 3. The van der Waals surface area contributed by atoms with Crippen molar-refractivity contribution in [2.24, 2.45) is 0 Å². The maximum atomic E-state index is 13.9. The maximum absolute atomic E-state index is 13.9. The van der Waals surface area contributed by atoms with E-state index in [0.29, 0.717) is 27.4 Å². The lowest BCUT2D eigenvalue weighted by Crippen LogP contribution is -2.05. The molecule has 1 aromatic carbocycles. The molecule has 0 fully saturated rings. The second-order valence-electron chi connectivity index (χ2n) is 4.41. The molecule has 2 N–H and O–H groups in total. The number of nitrogens with one attached hydrogen (secondary N) is 2. The van der Waals surface area contributed by atoms with E-state index in [4.69, 9.17) is 0 Å². The lowest BCUT2D eigenvalue weighted by Gasteiger charge is -2.11. The van der Waals surface area contributed by atoms with Crippen LogP contribution in [0.2, 0.25) is 0 Å². The molecule has 108 valence electrons. The highest BCUT2D eigenvalue weighted by molar-refractivity contribution is 9.10. The van der Waals surface area contributed by atoms with E-state index in [9.17, 15) is 4.39 Å². The summed E-state index contributed by atoms with van der Waals surface area (Å²) in [7, 11) is 0. The lowest BCUT2D eigenvalue weighted by atomic mass is 10.3. The predicted octanol–water partition coefficient (Wildman–Crippen LogP) is 3.81. The second kappa shape index (κ2) is 5.69. The summed E-state index contributed by atoms with van der Waals surface area (Å²) in [6, 6.07) is 4.82. The fourth-order valence-corrected chi connectivity index (χ4v) is 2.33. The van der Waals surface area contributed by atoms with Crippen molar-refractivity contribution in [3.8, 4) is 0 Å². The molecule has 0 aliphatic heterocycles. The highest BCUT2D eigenvalue weighted by Crippen LogP contribution is 2.25. The highest BCUT2D eigenvalue weighted by atomic mass is 79.9. The van der Waals surface area contributed by atoms with Crippen LogP contribution in [0, 0.1) is 5.82 Å². The number of nitrogens with zero attached hydrogens (tertiary/aromatic N) is 3. The number of anilines is 3. The third-order valence-corrected chi connectivity index (χ3v) is 3.41. The van der Waals surface area contributed by atoms with E-state index in [2.05, 4.69) is 36.5 Å². The Labute approximate surface area is 129 Å². The molecule has 0 amide bonds. The molecule has 0 radical (unpaired) electrons. The molecule has 0 unspecified atom stereocenters. The SMILES string of the molecule is CCNc1cn2ccnc2c(Nc2ccc(Br)cc2F)n1. The Morgan fingerprint density at radius 2 is 2.24 bits per heavy atom. The summed E-state index contributed by atoms with van der Waals surface area (Å²) in [5, 5.41) is 6.14. The fraction of sp³-hybridized carbons (Fsp3) is 0.143. The summed E-state index contributed by atoms with van der Waals surface area (Å²) >= 11 is 3.24. The van der Waals surface area contributed by atoms with Crippen molar-refractivity contribution in [3.63, 3.8) is 0 Å². The molecule has 0 saturated carbocycles. The first-order valence-corrected chi connectivity index (χ1v) is 7.26. The number of imidazole rings is 1. The van der Waals surface area contributed by atoms with Gasteiger partial charge in [-0.2, -0.15) is 0 Å². The molecule has 21 heavy (non-hydrogen) atoms. The zero-order chi connectivity index (χ0) is 14.8. The molecule has 0 saturated heterocycles. The van der Waals surface area contributed by atoms with Crippen LogP contribution in [0.25, 0.3) is 5.65 Å².